The van der Waals surface area contributed by atoms with Crippen molar-refractivity contribution in [3.8, 4) is 5.88 Å². The Hall–Kier alpha value is -1.15. The lowest BCUT2D eigenvalue weighted by atomic mass is 10.3. The molecule has 0 bridgehead atoms. The second-order valence-electron chi connectivity index (χ2n) is 4.07. The molecule has 6 nitrogen and oxygen atoms in total. The Balaban J connectivity index is 1.98. The minimum Gasteiger partial charge on any atom is -0.480 e. The van der Waals surface area contributed by atoms with Crippen molar-refractivity contribution in [2.75, 3.05) is 34.5 Å². The smallest absolute Gasteiger partial charge is 0.237 e. The molecule has 2 heterocycles. The fourth-order valence-electron chi connectivity index (χ4n) is 1.88. The molecule has 0 saturated heterocycles. The van der Waals surface area contributed by atoms with Crippen LogP contribution in [0.2, 0.25) is 0 Å². The number of hydrogen-bond donors (Lipinski definition) is 1. The third-order valence-corrected chi connectivity index (χ3v) is 3.62. The van der Waals surface area contributed by atoms with Crippen molar-refractivity contribution in [3.05, 3.63) is 17.3 Å². The molecule has 1 atom stereocenters. The highest BCUT2D eigenvalue weighted by molar-refractivity contribution is 7.15. The number of aromatic nitrogens is 2. The largest absolute Gasteiger partial charge is 0.480 e. The maximum atomic E-state index is 5.30. The van der Waals surface area contributed by atoms with Crippen molar-refractivity contribution in [2.24, 2.45) is 0 Å². The highest BCUT2D eigenvalue weighted by Gasteiger charge is 2.14. The van der Waals surface area contributed by atoms with Gasteiger partial charge >= 0.3 is 0 Å². The van der Waals surface area contributed by atoms with Gasteiger partial charge in [-0.25, -0.2) is 0 Å². The van der Waals surface area contributed by atoms with Crippen LogP contribution < -0.4 is 10.1 Å². The first-order valence-corrected chi connectivity index (χ1v) is 6.89. The van der Waals surface area contributed by atoms with Crippen molar-refractivity contribution in [1.82, 2.24) is 14.7 Å². The Morgan fingerprint density at radius 1 is 1.42 bits per heavy atom. The average molecular weight is 285 g/mol. The number of nitrogens with one attached hydrogen (secondary N) is 1. The minimum absolute atomic E-state index is 0.0434. The van der Waals surface area contributed by atoms with E-state index < -0.39 is 0 Å². The van der Waals surface area contributed by atoms with E-state index in [1.54, 1.807) is 32.7 Å². The van der Waals surface area contributed by atoms with Gasteiger partial charge in [0.15, 0.2) is 4.96 Å². The van der Waals surface area contributed by atoms with E-state index >= 15 is 0 Å². The molecule has 19 heavy (non-hydrogen) atoms. The third kappa shape index (κ3) is 3.24. The predicted molar refractivity (Wildman–Crippen MR) is 74.0 cm³/mol. The molecule has 0 aliphatic heterocycles. The number of ether oxygens (including phenoxy) is 3. The quantitative estimate of drug-likeness (QED) is 0.788. The van der Waals surface area contributed by atoms with Crippen LogP contribution in [0.1, 0.15) is 5.69 Å². The molecule has 2 aromatic heterocycles. The maximum Gasteiger partial charge on any atom is 0.237 e. The van der Waals surface area contributed by atoms with Crippen LogP contribution in [0, 0.1) is 0 Å². The first-order chi connectivity index (χ1) is 9.30. The second-order valence-corrected chi connectivity index (χ2v) is 4.94. The molecule has 1 N–H and O–H groups in total. The SMILES string of the molecule is COCC(CNCc1c(OC)nc2sccn12)OC. The summed E-state index contributed by atoms with van der Waals surface area (Å²) >= 11 is 1.59. The van der Waals surface area contributed by atoms with E-state index in [0.29, 0.717) is 25.6 Å². The van der Waals surface area contributed by atoms with Crippen LogP contribution in [-0.4, -0.2) is 50.0 Å². The summed E-state index contributed by atoms with van der Waals surface area (Å²) in [4.78, 5) is 5.35. The summed E-state index contributed by atoms with van der Waals surface area (Å²) in [6, 6.07) is 0. The van der Waals surface area contributed by atoms with Gasteiger partial charge in [0.2, 0.25) is 5.88 Å². The Labute approximate surface area is 116 Å². The van der Waals surface area contributed by atoms with Gasteiger partial charge in [-0.15, -0.1) is 11.3 Å². The number of nitrogens with zero attached hydrogens (tertiary/aromatic N) is 2. The van der Waals surface area contributed by atoms with Crippen molar-refractivity contribution in [1.29, 1.82) is 0 Å². The van der Waals surface area contributed by atoms with Crippen molar-refractivity contribution in [2.45, 2.75) is 12.6 Å². The number of imidazole rings is 1. The van der Waals surface area contributed by atoms with Crippen molar-refractivity contribution >= 4 is 16.3 Å². The van der Waals surface area contributed by atoms with E-state index in [4.69, 9.17) is 14.2 Å². The van der Waals surface area contributed by atoms with Crippen LogP contribution in [0.15, 0.2) is 11.6 Å². The second kappa shape index (κ2) is 6.85. The van der Waals surface area contributed by atoms with Gasteiger partial charge < -0.3 is 19.5 Å². The van der Waals surface area contributed by atoms with E-state index in [-0.39, 0.29) is 6.10 Å². The van der Waals surface area contributed by atoms with Crippen LogP contribution in [0.25, 0.3) is 4.96 Å². The molecule has 0 saturated carbocycles. The number of fused-ring (bicyclic) bond motifs is 1. The Kier molecular flexibility index (Phi) is 5.15. The normalized spacial score (nSPS) is 13.0. The van der Waals surface area contributed by atoms with E-state index in [0.717, 1.165) is 10.7 Å². The summed E-state index contributed by atoms with van der Waals surface area (Å²) in [5.41, 5.74) is 1.02. The number of thiazole rings is 1. The summed E-state index contributed by atoms with van der Waals surface area (Å²) < 4.78 is 17.7. The van der Waals surface area contributed by atoms with Crippen LogP contribution in [0.4, 0.5) is 0 Å². The lowest BCUT2D eigenvalue weighted by Crippen LogP contribution is -2.31. The van der Waals surface area contributed by atoms with E-state index in [9.17, 15) is 0 Å². The van der Waals surface area contributed by atoms with Gasteiger partial charge in [-0.3, -0.25) is 4.40 Å². The molecule has 0 spiro atoms. The molecule has 0 radical (unpaired) electrons. The van der Waals surface area contributed by atoms with Gasteiger partial charge in [0.1, 0.15) is 5.69 Å². The first-order valence-electron chi connectivity index (χ1n) is 6.01. The zero-order chi connectivity index (χ0) is 13.7. The molecular formula is C12H19N3O3S. The van der Waals surface area contributed by atoms with Crippen molar-refractivity contribution in [3.63, 3.8) is 0 Å². The molecule has 2 rings (SSSR count). The number of methoxy groups -OCH3 is 3. The average Bonchev–Trinajstić information content (AvgIpc) is 2.99. The lowest BCUT2D eigenvalue weighted by molar-refractivity contribution is 0.0287. The van der Waals surface area contributed by atoms with Gasteiger partial charge in [-0.1, -0.05) is 0 Å². The van der Waals surface area contributed by atoms with Crippen LogP contribution in [-0.2, 0) is 16.0 Å². The van der Waals surface area contributed by atoms with Crippen LogP contribution >= 0.6 is 11.3 Å². The van der Waals surface area contributed by atoms with Crippen molar-refractivity contribution < 1.29 is 14.2 Å². The molecule has 2 aromatic rings. The Morgan fingerprint density at radius 3 is 2.95 bits per heavy atom. The topological polar surface area (TPSA) is 57.0 Å². The lowest BCUT2D eigenvalue weighted by Gasteiger charge is -2.15. The third-order valence-electron chi connectivity index (χ3n) is 2.87. The van der Waals surface area contributed by atoms with Gasteiger partial charge in [-0.05, 0) is 0 Å². The predicted octanol–water partition coefficient (Wildman–Crippen LogP) is 1.16. The van der Waals surface area contributed by atoms with Crippen LogP contribution in [0.5, 0.6) is 5.88 Å². The molecular weight excluding hydrogens is 266 g/mol. The number of hydrogen-bond acceptors (Lipinski definition) is 6. The van der Waals surface area contributed by atoms with Gasteiger partial charge in [-0.2, -0.15) is 4.98 Å². The van der Waals surface area contributed by atoms with Gasteiger partial charge in [0.25, 0.3) is 0 Å². The van der Waals surface area contributed by atoms with Gasteiger partial charge in [0.05, 0.1) is 19.8 Å². The summed E-state index contributed by atoms with van der Waals surface area (Å²) in [5.74, 6) is 0.667. The molecule has 0 aliphatic carbocycles. The highest BCUT2D eigenvalue weighted by atomic mass is 32.1. The van der Waals surface area contributed by atoms with E-state index in [2.05, 4.69) is 10.3 Å². The molecule has 106 valence electrons. The summed E-state index contributed by atoms with van der Waals surface area (Å²) in [6.07, 6.45) is 2.04. The molecule has 0 aliphatic rings. The zero-order valence-corrected chi connectivity index (χ0v) is 12.2. The molecule has 1 unspecified atom stereocenters. The van der Waals surface area contributed by atoms with Crippen LogP contribution in [0.3, 0.4) is 0 Å². The van der Waals surface area contributed by atoms with E-state index in [1.807, 2.05) is 16.0 Å². The van der Waals surface area contributed by atoms with E-state index in [1.165, 1.54) is 0 Å². The minimum atomic E-state index is 0.0434. The number of rotatable bonds is 8. The monoisotopic (exact) mass is 285 g/mol. The fraction of sp³-hybridized carbons (Fsp3) is 0.583. The molecule has 0 aromatic carbocycles. The van der Waals surface area contributed by atoms with Gasteiger partial charge in [0, 0.05) is 38.9 Å². The summed E-state index contributed by atoms with van der Waals surface area (Å²) in [6.45, 7) is 1.95. The zero-order valence-electron chi connectivity index (χ0n) is 11.4. The first kappa shape index (κ1) is 14.3. The maximum absolute atomic E-state index is 5.30. The molecule has 0 fully saturated rings. The highest BCUT2D eigenvalue weighted by Crippen LogP contribution is 2.22. The summed E-state index contributed by atoms with van der Waals surface area (Å²) in [5, 5.41) is 5.35. The summed E-state index contributed by atoms with van der Waals surface area (Å²) in [7, 11) is 4.99. The fourth-order valence-corrected chi connectivity index (χ4v) is 2.61. The standard InChI is InChI=1S/C12H19N3O3S/c1-16-8-9(17-2)6-13-7-10-11(18-3)14-12-15(10)4-5-19-12/h4-5,9,13H,6-8H2,1-3H3. The Bertz CT molecular complexity index is 511. The molecule has 0 amide bonds. The Morgan fingerprint density at radius 2 is 2.26 bits per heavy atom. The molecule has 7 heteroatoms.